The van der Waals surface area contributed by atoms with Crippen LogP contribution in [-0.4, -0.2) is 19.8 Å². The van der Waals surface area contributed by atoms with Gasteiger partial charge in [0.05, 0.1) is 12.7 Å². The molecule has 178 valence electrons. The van der Waals surface area contributed by atoms with Gasteiger partial charge >= 0.3 is 0 Å². The van der Waals surface area contributed by atoms with Crippen molar-refractivity contribution in [2.75, 3.05) is 13.7 Å². The molecular formula is C28H27F3O3. The van der Waals surface area contributed by atoms with Crippen molar-refractivity contribution in [1.82, 2.24) is 0 Å². The van der Waals surface area contributed by atoms with Gasteiger partial charge in [0.15, 0.2) is 23.2 Å². The third-order valence-corrected chi connectivity index (χ3v) is 6.88. The number of rotatable bonds is 7. The summed E-state index contributed by atoms with van der Waals surface area (Å²) in [6.07, 6.45) is 3.49. The van der Waals surface area contributed by atoms with Crippen LogP contribution < -0.4 is 4.74 Å². The predicted octanol–water partition coefficient (Wildman–Crippen LogP) is 7.09. The molecule has 0 spiro atoms. The van der Waals surface area contributed by atoms with Crippen molar-refractivity contribution in [3.63, 3.8) is 0 Å². The van der Waals surface area contributed by atoms with E-state index in [-0.39, 0.29) is 36.0 Å². The van der Waals surface area contributed by atoms with Gasteiger partial charge in [-0.15, -0.1) is 0 Å². The fraction of sp³-hybridized carbons (Fsp3) is 0.357. The molecule has 0 aromatic heterocycles. The van der Waals surface area contributed by atoms with Crippen LogP contribution in [0.2, 0.25) is 0 Å². The summed E-state index contributed by atoms with van der Waals surface area (Å²) in [6.45, 7) is 0.783. The van der Waals surface area contributed by atoms with Crippen LogP contribution >= 0.6 is 0 Å². The standard InChI is InChI=1S/C28H27F3O3/c1-32-21-9-6-19(7-10-21)23-12-11-22(27(30)28(23)31)18-4-2-17(3-5-18)15-33-25-13-8-20(14-24(25)29)26-16-34-26/h2-5,8,11-14,19,21,26H,6-7,9-10,15-16H2,1H3. The summed E-state index contributed by atoms with van der Waals surface area (Å²) in [6, 6.07) is 15.2. The van der Waals surface area contributed by atoms with Crippen molar-refractivity contribution < 1.29 is 27.4 Å². The average molecular weight is 469 g/mol. The van der Waals surface area contributed by atoms with Gasteiger partial charge in [0.25, 0.3) is 0 Å². The Morgan fingerprint density at radius 2 is 1.62 bits per heavy atom. The Hall–Kier alpha value is -2.83. The largest absolute Gasteiger partial charge is 0.486 e. The minimum absolute atomic E-state index is 0.0129. The molecule has 3 aromatic rings. The van der Waals surface area contributed by atoms with E-state index in [9.17, 15) is 13.2 Å². The lowest BCUT2D eigenvalue weighted by atomic mass is 9.82. The lowest BCUT2D eigenvalue weighted by Crippen LogP contribution is -2.20. The van der Waals surface area contributed by atoms with E-state index in [1.165, 1.54) is 6.07 Å². The number of hydrogen-bond acceptors (Lipinski definition) is 3. The van der Waals surface area contributed by atoms with Crippen molar-refractivity contribution in [3.8, 4) is 16.9 Å². The van der Waals surface area contributed by atoms with Crippen LogP contribution in [0.25, 0.3) is 11.1 Å². The molecule has 2 aliphatic rings. The maximum Gasteiger partial charge on any atom is 0.166 e. The lowest BCUT2D eigenvalue weighted by Gasteiger charge is -2.28. The van der Waals surface area contributed by atoms with Crippen LogP contribution in [0.1, 0.15) is 54.4 Å². The molecule has 1 aliphatic carbocycles. The van der Waals surface area contributed by atoms with Crippen LogP contribution in [-0.2, 0) is 16.1 Å². The highest BCUT2D eigenvalue weighted by Crippen LogP contribution is 2.38. The summed E-state index contributed by atoms with van der Waals surface area (Å²) < 4.78 is 60.3. The molecular weight excluding hydrogens is 441 g/mol. The fourth-order valence-corrected chi connectivity index (χ4v) is 4.73. The summed E-state index contributed by atoms with van der Waals surface area (Å²) in [5, 5.41) is 0. The highest BCUT2D eigenvalue weighted by molar-refractivity contribution is 5.65. The maximum absolute atomic E-state index is 15.0. The van der Waals surface area contributed by atoms with E-state index in [4.69, 9.17) is 14.2 Å². The molecule has 3 aromatic carbocycles. The van der Waals surface area contributed by atoms with E-state index < -0.39 is 17.5 Å². The maximum atomic E-state index is 15.0. The van der Waals surface area contributed by atoms with Crippen LogP contribution in [0.5, 0.6) is 5.75 Å². The van der Waals surface area contributed by atoms with Crippen LogP contribution in [0.15, 0.2) is 54.6 Å². The third kappa shape index (κ3) is 4.84. The summed E-state index contributed by atoms with van der Waals surface area (Å²) in [7, 11) is 1.69. The number of hydrogen-bond donors (Lipinski definition) is 0. The zero-order valence-electron chi connectivity index (χ0n) is 19.0. The van der Waals surface area contributed by atoms with E-state index in [0.717, 1.165) is 36.8 Å². The minimum atomic E-state index is -0.822. The van der Waals surface area contributed by atoms with Gasteiger partial charge in [0, 0.05) is 12.7 Å². The molecule has 0 bridgehead atoms. The molecule has 0 amide bonds. The summed E-state index contributed by atoms with van der Waals surface area (Å²) in [5.41, 5.74) is 2.85. The second kappa shape index (κ2) is 9.80. The van der Waals surface area contributed by atoms with E-state index in [2.05, 4.69) is 0 Å². The molecule has 5 rings (SSSR count). The Labute approximate surface area is 197 Å². The Morgan fingerprint density at radius 1 is 0.882 bits per heavy atom. The zero-order valence-corrected chi connectivity index (χ0v) is 19.0. The Balaban J connectivity index is 1.25. The zero-order chi connectivity index (χ0) is 23.7. The van der Waals surface area contributed by atoms with E-state index in [1.54, 1.807) is 55.6 Å². The molecule has 3 nitrogen and oxygen atoms in total. The van der Waals surface area contributed by atoms with Crippen LogP contribution in [0.3, 0.4) is 0 Å². The first-order valence-corrected chi connectivity index (χ1v) is 11.7. The molecule has 1 aliphatic heterocycles. The van der Waals surface area contributed by atoms with E-state index in [1.807, 2.05) is 0 Å². The SMILES string of the molecule is COC1CCC(c2ccc(-c3ccc(COc4ccc(C5CO5)cc4F)cc3)c(F)c2F)CC1. The molecule has 1 saturated carbocycles. The molecule has 1 saturated heterocycles. The van der Waals surface area contributed by atoms with Gasteiger partial charge < -0.3 is 14.2 Å². The summed E-state index contributed by atoms with van der Waals surface area (Å²) in [4.78, 5) is 0. The van der Waals surface area contributed by atoms with Gasteiger partial charge in [-0.1, -0.05) is 42.5 Å². The first-order valence-electron chi connectivity index (χ1n) is 11.7. The fourth-order valence-electron chi connectivity index (χ4n) is 4.73. The van der Waals surface area contributed by atoms with Gasteiger partial charge in [-0.3, -0.25) is 0 Å². The average Bonchev–Trinajstić information content (AvgIpc) is 3.71. The molecule has 1 heterocycles. The first-order chi connectivity index (χ1) is 16.5. The van der Waals surface area contributed by atoms with Gasteiger partial charge in [-0.25, -0.2) is 13.2 Å². The monoisotopic (exact) mass is 468 g/mol. The van der Waals surface area contributed by atoms with Crippen molar-refractivity contribution in [2.45, 2.75) is 50.4 Å². The molecule has 0 radical (unpaired) electrons. The minimum Gasteiger partial charge on any atom is -0.486 e. The summed E-state index contributed by atoms with van der Waals surface area (Å²) in [5.74, 6) is -1.84. The molecule has 34 heavy (non-hydrogen) atoms. The number of epoxide rings is 1. The lowest BCUT2D eigenvalue weighted by molar-refractivity contribution is 0.0655. The topological polar surface area (TPSA) is 31.0 Å². The molecule has 6 heteroatoms. The van der Waals surface area contributed by atoms with Gasteiger partial charge in [-0.05, 0) is 66.0 Å². The number of benzene rings is 3. The second-order valence-corrected chi connectivity index (χ2v) is 9.04. The van der Waals surface area contributed by atoms with Gasteiger partial charge in [-0.2, -0.15) is 0 Å². The highest BCUT2D eigenvalue weighted by atomic mass is 19.2. The van der Waals surface area contributed by atoms with Crippen LogP contribution in [0, 0.1) is 17.5 Å². The quantitative estimate of drug-likeness (QED) is 0.347. The van der Waals surface area contributed by atoms with Crippen molar-refractivity contribution in [3.05, 3.63) is 88.7 Å². The first kappa shape index (κ1) is 22.9. The van der Waals surface area contributed by atoms with Gasteiger partial charge in [0.2, 0.25) is 0 Å². The Kier molecular flexibility index (Phi) is 6.61. The number of ether oxygens (including phenoxy) is 3. The van der Waals surface area contributed by atoms with Crippen molar-refractivity contribution >= 4 is 0 Å². The molecule has 1 unspecified atom stereocenters. The Bertz CT molecular complexity index is 1150. The van der Waals surface area contributed by atoms with E-state index >= 15 is 0 Å². The smallest absolute Gasteiger partial charge is 0.166 e. The van der Waals surface area contributed by atoms with Gasteiger partial charge in [0.1, 0.15) is 12.7 Å². The van der Waals surface area contributed by atoms with Crippen molar-refractivity contribution in [2.24, 2.45) is 0 Å². The van der Waals surface area contributed by atoms with Crippen molar-refractivity contribution in [1.29, 1.82) is 0 Å². The van der Waals surface area contributed by atoms with E-state index in [0.29, 0.717) is 17.7 Å². The third-order valence-electron chi connectivity index (χ3n) is 6.88. The van der Waals surface area contributed by atoms with Crippen LogP contribution in [0.4, 0.5) is 13.2 Å². The summed E-state index contributed by atoms with van der Waals surface area (Å²) >= 11 is 0. The molecule has 0 N–H and O–H groups in total. The normalized spacial score (nSPS) is 21.9. The molecule has 1 atom stereocenters. The predicted molar refractivity (Wildman–Crippen MR) is 123 cm³/mol. The highest BCUT2D eigenvalue weighted by Gasteiger charge is 2.27. The number of methoxy groups -OCH3 is 1. The second-order valence-electron chi connectivity index (χ2n) is 9.04. The number of halogens is 3. The molecule has 2 fully saturated rings. The Morgan fingerprint density at radius 3 is 2.26 bits per heavy atom.